The van der Waals surface area contributed by atoms with Gasteiger partial charge in [-0.15, -0.1) is 11.6 Å². The van der Waals surface area contributed by atoms with E-state index in [0.717, 1.165) is 26.1 Å². The van der Waals surface area contributed by atoms with Gasteiger partial charge in [-0.2, -0.15) is 0 Å². The molecule has 7 heteroatoms. The summed E-state index contributed by atoms with van der Waals surface area (Å²) in [4.78, 5) is 18.5. The molecule has 2 aromatic heterocycles. The van der Waals surface area contributed by atoms with E-state index in [1.807, 2.05) is 28.1 Å². The molecule has 0 bridgehead atoms. The van der Waals surface area contributed by atoms with Crippen molar-refractivity contribution in [3.63, 3.8) is 0 Å². The van der Waals surface area contributed by atoms with E-state index in [1.54, 1.807) is 0 Å². The number of nitrogens with zero attached hydrogens (tertiary/aromatic N) is 2. The number of aromatic amines is 1. The first-order valence-corrected chi connectivity index (χ1v) is 8.04. The third-order valence-electron chi connectivity index (χ3n) is 2.81. The lowest BCUT2D eigenvalue weighted by molar-refractivity contribution is 0.761. The lowest BCUT2D eigenvalue weighted by Crippen LogP contribution is -2.06. The van der Waals surface area contributed by atoms with E-state index in [2.05, 4.69) is 32.6 Å². The van der Waals surface area contributed by atoms with Gasteiger partial charge in [0.2, 0.25) is 0 Å². The highest BCUT2D eigenvalue weighted by atomic mass is 127. The Balaban J connectivity index is 2.12. The zero-order chi connectivity index (χ0) is 13.4. The Morgan fingerprint density at radius 1 is 1.47 bits per heavy atom. The van der Waals surface area contributed by atoms with Crippen molar-refractivity contribution >= 4 is 56.6 Å². The van der Waals surface area contributed by atoms with Gasteiger partial charge in [0.25, 0.3) is 0 Å². The molecule has 2 heterocycles. The number of hydrogen-bond donors (Lipinski definition) is 1. The first-order chi connectivity index (χ1) is 9.17. The van der Waals surface area contributed by atoms with Gasteiger partial charge in [0, 0.05) is 14.6 Å². The highest BCUT2D eigenvalue weighted by Gasteiger charge is 2.11. The zero-order valence-corrected chi connectivity index (χ0v) is 13.4. The van der Waals surface area contributed by atoms with Crippen molar-refractivity contribution < 1.29 is 0 Å². The molecule has 0 fully saturated rings. The van der Waals surface area contributed by atoms with Gasteiger partial charge in [0.05, 0.1) is 23.5 Å². The smallest absolute Gasteiger partial charge is 0.304 e. The van der Waals surface area contributed by atoms with Crippen LogP contribution < -0.4 is 4.87 Å². The summed E-state index contributed by atoms with van der Waals surface area (Å²) in [6.07, 6.45) is 0. The molecule has 0 saturated heterocycles. The van der Waals surface area contributed by atoms with E-state index in [9.17, 15) is 4.79 Å². The van der Waals surface area contributed by atoms with Crippen LogP contribution in [-0.4, -0.2) is 14.5 Å². The Morgan fingerprint density at radius 2 is 2.32 bits per heavy atom. The van der Waals surface area contributed by atoms with Gasteiger partial charge < -0.3 is 9.55 Å². The Bertz CT molecular complexity index is 792. The van der Waals surface area contributed by atoms with Crippen LogP contribution in [0, 0.1) is 3.57 Å². The topological polar surface area (TPSA) is 50.7 Å². The average Bonchev–Trinajstić information content (AvgIpc) is 2.94. The third kappa shape index (κ3) is 2.56. The molecule has 0 aliphatic carbocycles. The number of thiazole rings is 1. The van der Waals surface area contributed by atoms with Crippen LogP contribution in [0.1, 0.15) is 11.5 Å². The normalized spacial score (nSPS) is 11.3. The predicted octanol–water partition coefficient (Wildman–Crippen LogP) is 3.18. The second-order valence-electron chi connectivity index (χ2n) is 4.05. The molecular weight excluding hydrogens is 397 g/mol. The molecule has 19 heavy (non-hydrogen) atoms. The number of imidazole rings is 1. The molecule has 0 aliphatic heterocycles. The van der Waals surface area contributed by atoms with E-state index in [-0.39, 0.29) is 4.87 Å². The van der Waals surface area contributed by atoms with Crippen molar-refractivity contribution in [3.05, 3.63) is 48.3 Å². The van der Waals surface area contributed by atoms with Crippen LogP contribution in [0.3, 0.4) is 0 Å². The van der Waals surface area contributed by atoms with Crippen LogP contribution in [-0.2, 0) is 12.4 Å². The molecule has 0 aliphatic rings. The van der Waals surface area contributed by atoms with Crippen molar-refractivity contribution in [2.75, 3.05) is 0 Å². The Kier molecular flexibility index (Phi) is 3.64. The molecule has 0 amide bonds. The third-order valence-corrected chi connectivity index (χ3v) is 4.44. The van der Waals surface area contributed by atoms with Crippen LogP contribution in [0.4, 0.5) is 0 Å². The Hall–Kier alpha value is -0.860. The van der Waals surface area contributed by atoms with Gasteiger partial charge in [-0.25, -0.2) is 4.98 Å². The van der Waals surface area contributed by atoms with E-state index < -0.39 is 0 Å². The number of rotatable bonds is 3. The second kappa shape index (κ2) is 5.26. The summed E-state index contributed by atoms with van der Waals surface area (Å²) in [6, 6.07) is 6.10. The summed E-state index contributed by atoms with van der Waals surface area (Å²) in [5, 5.41) is 1.83. The fourth-order valence-electron chi connectivity index (χ4n) is 1.99. The molecule has 1 aromatic carbocycles. The summed E-state index contributed by atoms with van der Waals surface area (Å²) in [6.45, 7) is 0.581. The van der Waals surface area contributed by atoms with Crippen molar-refractivity contribution in [2.24, 2.45) is 0 Å². The van der Waals surface area contributed by atoms with Crippen LogP contribution >= 0.6 is 45.5 Å². The van der Waals surface area contributed by atoms with Crippen LogP contribution in [0.25, 0.3) is 11.0 Å². The maximum atomic E-state index is 11.2. The average molecular weight is 406 g/mol. The lowest BCUT2D eigenvalue weighted by atomic mass is 10.3. The number of halogens is 2. The summed E-state index contributed by atoms with van der Waals surface area (Å²) >= 11 is 9.39. The fourth-order valence-corrected chi connectivity index (χ4v) is 3.24. The minimum atomic E-state index is -0.0404. The molecule has 3 aromatic rings. The number of H-pyrrole nitrogens is 1. The SMILES string of the molecule is O=c1[nH]c(Cn2c(CCl)nc3cc(I)ccc32)cs1. The first-order valence-electron chi connectivity index (χ1n) is 5.54. The number of benzene rings is 1. The molecule has 3 rings (SSSR count). The maximum Gasteiger partial charge on any atom is 0.304 e. The number of aromatic nitrogens is 3. The number of alkyl halides is 1. The van der Waals surface area contributed by atoms with Crippen LogP contribution in [0.15, 0.2) is 28.4 Å². The molecule has 98 valence electrons. The first kappa shape index (κ1) is 13.1. The Labute approximate surface area is 131 Å². The molecular formula is C12H9ClIN3OS. The van der Waals surface area contributed by atoms with E-state index >= 15 is 0 Å². The molecule has 0 unspecified atom stereocenters. The molecule has 0 radical (unpaired) electrons. The zero-order valence-electron chi connectivity index (χ0n) is 9.69. The summed E-state index contributed by atoms with van der Waals surface area (Å²) in [5.41, 5.74) is 2.84. The quantitative estimate of drug-likeness (QED) is 0.537. The monoisotopic (exact) mass is 405 g/mol. The molecule has 1 N–H and O–H groups in total. The van der Waals surface area contributed by atoms with Crippen LogP contribution in [0.2, 0.25) is 0 Å². The lowest BCUT2D eigenvalue weighted by Gasteiger charge is -2.05. The highest BCUT2D eigenvalue weighted by Crippen LogP contribution is 2.21. The largest absolute Gasteiger partial charge is 0.321 e. The van der Waals surface area contributed by atoms with Gasteiger partial charge >= 0.3 is 4.87 Å². The van der Waals surface area contributed by atoms with Crippen molar-refractivity contribution in [1.29, 1.82) is 0 Å². The van der Waals surface area contributed by atoms with Gasteiger partial charge in [-0.05, 0) is 40.8 Å². The van der Waals surface area contributed by atoms with E-state index in [4.69, 9.17) is 11.6 Å². The molecule has 0 saturated carbocycles. The number of hydrogen-bond acceptors (Lipinski definition) is 3. The van der Waals surface area contributed by atoms with Crippen molar-refractivity contribution in [1.82, 2.24) is 14.5 Å². The summed E-state index contributed by atoms with van der Waals surface area (Å²) < 4.78 is 3.18. The highest BCUT2D eigenvalue weighted by molar-refractivity contribution is 14.1. The van der Waals surface area contributed by atoms with E-state index in [1.165, 1.54) is 11.3 Å². The van der Waals surface area contributed by atoms with E-state index in [0.29, 0.717) is 12.4 Å². The fraction of sp³-hybridized carbons (Fsp3) is 0.167. The second-order valence-corrected chi connectivity index (χ2v) is 6.41. The van der Waals surface area contributed by atoms with Crippen LogP contribution in [0.5, 0.6) is 0 Å². The predicted molar refractivity (Wildman–Crippen MR) is 86.0 cm³/mol. The molecule has 4 nitrogen and oxygen atoms in total. The van der Waals surface area contributed by atoms with Crippen molar-refractivity contribution in [3.8, 4) is 0 Å². The standard InChI is InChI=1S/C12H9ClIN3OS/c13-4-11-16-9-3-7(14)1-2-10(9)17(11)5-8-6-19-12(18)15-8/h1-3,6H,4-5H2,(H,15,18). The summed E-state index contributed by atoms with van der Waals surface area (Å²) in [7, 11) is 0. The Morgan fingerprint density at radius 3 is 3.00 bits per heavy atom. The van der Waals surface area contributed by atoms with Gasteiger partial charge in [-0.3, -0.25) is 4.79 Å². The molecule has 0 spiro atoms. The van der Waals surface area contributed by atoms with Gasteiger partial charge in [0.1, 0.15) is 5.82 Å². The van der Waals surface area contributed by atoms with Crippen molar-refractivity contribution in [2.45, 2.75) is 12.4 Å². The number of nitrogens with one attached hydrogen (secondary N) is 1. The molecule has 0 atom stereocenters. The number of fused-ring (bicyclic) bond motifs is 1. The summed E-state index contributed by atoms with van der Waals surface area (Å²) in [5.74, 6) is 1.16. The maximum absolute atomic E-state index is 11.2. The minimum absolute atomic E-state index is 0.0404. The van der Waals surface area contributed by atoms with Gasteiger partial charge in [0.15, 0.2) is 0 Å². The van der Waals surface area contributed by atoms with Gasteiger partial charge in [-0.1, -0.05) is 11.3 Å². The minimum Gasteiger partial charge on any atom is -0.321 e.